The summed E-state index contributed by atoms with van der Waals surface area (Å²) in [6.07, 6.45) is -2.79. The van der Waals surface area contributed by atoms with E-state index in [0.29, 0.717) is 0 Å². The number of pyridine rings is 1. The van der Waals surface area contributed by atoms with E-state index in [1.54, 1.807) is 6.92 Å². The van der Waals surface area contributed by atoms with Crippen molar-refractivity contribution in [3.63, 3.8) is 0 Å². The number of esters is 1. The van der Waals surface area contributed by atoms with Gasteiger partial charge in [-0.1, -0.05) is 11.6 Å². The first-order valence-electron chi connectivity index (χ1n) is 4.28. The van der Waals surface area contributed by atoms with Gasteiger partial charge in [0.25, 0.3) is 6.43 Å². The summed E-state index contributed by atoms with van der Waals surface area (Å²) in [4.78, 5) is 15.0. The molecule has 0 unspecified atom stereocenters. The second-order valence-electron chi connectivity index (χ2n) is 2.73. The highest BCUT2D eigenvalue weighted by atomic mass is 79.9. The van der Waals surface area contributed by atoms with Crippen LogP contribution in [-0.4, -0.2) is 17.6 Å². The average Bonchev–Trinajstić information content (AvgIpc) is 2.17. The molecular formula is C9H7BrClF2NO2. The standard InChI is InChI=1S/C9H7BrClF2NO2/c1-2-16-9(15)4-3-5(8(12)13)7(11)14-6(4)10/h3,8H,2H2,1H3. The molecule has 88 valence electrons. The van der Waals surface area contributed by atoms with Crippen LogP contribution in [0, 0.1) is 0 Å². The first-order chi connectivity index (χ1) is 7.47. The van der Waals surface area contributed by atoms with Gasteiger partial charge in [0, 0.05) is 0 Å². The number of nitrogens with zero attached hydrogens (tertiary/aromatic N) is 1. The quantitative estimate of drug-likeness (QED) is 0.632. The van der Waals surface area contributed by atoms with Gasteiger partial charge in [-0.3, -0.25) is 0 Å². The minimum absolute atomic E-state index is 0.0680. The highest BCUT2D eigenvalue weighted by Gasteiger charge is 2.20. The summed E-state index contributed by atoms with van der Waals surface area (Å²) < 4.78 is 29.8. The van der Waals surface area contributed by atoms with E-state index in [1.807, 2.05) is 0 Å². The van der Waals surface area contributed by atoms with Gasteiger partial charge in [-0.2, -0.15) is 0 Å². The van der Waals surface area contributed by atoms with Crippen LogP contribution in [0.3, 0.4) is 0 Å². The Balaban J connectivity index is 3.19. The zero-order valence-electron chi connectivity index (χ0n) is 8.14. The fourth-order valence-electron chi connectivity index (χ4n) is 0.991. The van der Waals surface area contributed by atoms with E-state index in [0.717, 1.165) is 6.07 Å². The van der Waals surface area contributed by atoms with Crippen LogP contribution >= 0.6 is 27.5 Å². The Morgan fingerprint density at radius 3 is 2.81 bits per heavy atom. The van der Waals surface area contributed by atoms with Crippen molar-refractivity contribution in [2.24, 2.45) is 0 Å². The molecule has 0 spiro atoms. The number of hydrogen-bond donors (Lipinski definition) is 0. The largest absolute Gasteiger partial charge is 0.462 e. The number of halogens is 4. The third kappa shape index (κ3) is 2.89. The lowest BCUT2D eigenvalue weighted by Gasteiger charge is -2.07. The van der Waals surface area contributed by atoms with Crippen molar-refractivity contribution in [3.05, 3.63) is 26.9 Å². The summed E-state index contributed by atoms with van der Waals surface area (Å²) in [5.41, 5.74) is -0.561. The number of alkyl halides is 2. The number of ether oxygens (including phenoxy) is 1. The molecule has 0 aliphatic heterocycles. The highest BCUT2D eigenvalue weighted by Crippen LogP contribution is 2.29. The molecule has 0 aliphatic carbocycles. The van der Waals surface area contributed by atoms with E-state index in [1.165, 1.54) is 0 Å². The predicted molar refractivity (Wildman–Crippen MR) is 57.9 cm³/mol. The summed E-state index contributed by atoms with van der Waals surface area (Å²) in [6.45, 7) is 1.76. The number of rotatable bonds is 3. The molecule has 1 aromatic heterocycles. The van der Waals surface area contributed by atoms with Gasteiger partial charge in [0.15, 0.2) is 0 Å². The minimum atomic E-state index is -2.79. The topological polar surface area (TPSA) is 39.2 Å². The van der Waals surface area contributed by atoms with Crippen LogP contribution in [0.5, 0.6) is 0 Å². The van der Waals surface area contributed by atoms with Gasteiger partial charge in [-0.25, -0.2) is 18.6 Å². The Kier molecular flexibility index (Phi) is 4.61. The highest BCUT2D eigenvalue weighted by molar-refractivity contribution is 9.10. The van der Waals surface area contributed by atoms with Crippen molar-refractivity contribution < 1.29 is 18.3 Å². The lowest BCUT2D eigenvalue weighted by atomic mass is 10.2. The fraction of sp³-hybridized carbons (Fsp3) is 0.333. The molecule has 0 saturated carbocycles. The summed E-state index contributed by atoms with van der Waals surface area (Å²) >= 11 is 8.46. The molecule has 0 amide bonds. The first kappa shape index (κ1) is 13.3. The molecule has 16 heavy (non-hydrogen) atoms. The predicted octanol–water partition coefficient (Wildman–Crippen LogP) is 3.61. The van der Waals surface area contributed by atoms with Gasteiger partial charge < -0.3 is 4.74 Å². The lowest BCUT2D eigenvalue weighted by Crippen LogP contribution is -2.08. The zero-order chi connectivity index (χ0) is 12.3. The summed E-state index contributed by atoms with van der Waals surface area (Å²) in [5.74, 6) is -0.722. The second kappa shape index (κ2) is 5.54. The number of carbonyl (C=O) groups is 1. The molecule has 0 atom stereocenters. The molecule has 1 heterocycles. The number of hydrogen-bond acceptors (Lipinski definition) is 3. The number of carbonyl (C=O) groups excluding carboxylic acids is 1. The molecule has 0 aromatic carbocycles. The third-order valence-corrected chi connectivity index (χ3v) is 2.59. The molecule has 0 saturated heterocycles. The monoisotopic (exact) mass is 313 g/mol. The molecular weight excluding hydrogens is 307 g/mol. The summed E-state index contributed by atoms with van der Waals surface area (Å²) in [5, 5.41) is -0.338. The van der Waals surface area contributed by atoms with Gasteiger partial charge in [0.2, 0.25) is 0 Å². The number of aromatic nitrogens is 1. The van der Waals surface area contributed by atoms with Crippen LogP contribution in [0.15, 0.2) is 10.7 Å². The molecule has 1 rings (SSSR count). The zero-order valence-corrected chi connectivity index (χ0v) is 10.5. The molecule has 0 aliphatic rings. The van der Waals surface area contributed by atoms with E-state index in [9.17, 15) is 13.6 Å². The van der Waals surface area contributed by atoms with Gasteiger partial charge in [0.05, 0.1) is 17.7 Å². The van der Waals surface area contributed by atoms with Crippen molar-refractivity contribution in [3.8, 4) is 0 Å². The van der Waals surface area contributed by atoms with Crippen molar-refractivity contribution in [1.82, 2.24) is 4.98 Å². The van der Waals surface area contributed by atoms with Crippen molar-refractivity contribution in [1.29, 1.82) is 0 Å². The smallest absolute Gasteiger partial charge is 0.340 e. The Hall–Kier alpha value is -0.750. The van der Waals surface area contributed by atoms with Crippen molar-refractivity contribution in [2.75, 3.05) is 6.61 Å². The Morgan fingerprint density at radius 1 is 1.69 bits per heavy atom. The van der Waals surface area contributed by atoms with E-state index < -0.39 is 18.0 Å². The van der Waals surface area contributed by atoms with E-state index in [4.69, 9.17) is 11.6 Å². The van der Waals surface area contributed by atoms with E-state index in [2.05, 4.69) is 25.7 Å². The van der Waals surface area contributed by atoms with Crippen LogP contribution in [0.25, 0.3) is 0 Å². The Labute approximate surface area is 104 Å². The van der Waals surface area contributed by atoms with Crippen LogP contribution in [-0.2, 0) is 4.74 Å². The van der Waals surface area contributed by atoms with Gasteiger partial charge >= 0.3 is 5.97 Å². The minimum Gasteiger partial charge on any atom is -0.462 e. The summed E-state index contributed by atoms with van der Waals surface area (Å²) in [6, 6.07) is 0.974. The maximum absolute atomic E-state index is 12.5. The van der Waals surface area contributed by atoms with Gasteiger partial charge in [-0.05, 0) is 28.9 Å². The van der Waals surface area contributed by atoms with E-state index in [-0.39, 0.29) is 21.9 Å². The Morgan fingerprint density at radius 2 is 2.31 bits per heavy atom. The fourth-order valence-corrected chi connectivity index (χ4v) is 1.77. The summed E-state index contributed by atoms with van der Waals surface area (Å²) in [7, 11) is 0. The second-order valence-corrected chi connectivity index (χ2v) is 3.84. The van der Waals surface area contributed by atoms with Gasteiger partial charge in [0.1, 0.15) is 9.76 Å². The average molecular weight is 315 g/mol. The normalized spacial score (nSPS) is 10.6. The van der Waals surface area contributed by atoms with Crippen LogP contribution in [0.2, 0.25) is 5.15 Å². The molecule has 3 nitrogen and oxygen atoms in total. The molecule has 0 fully saturated rings. The molecule has 0 N–H and O–H groups in total. The van der Waals surface area contributed by atoms with E-state index >= 15 is 0 Å². The Bertz CT molecular complexity index is 415. The first-order valence-corrected chi connectivity index (χ1v) is 5.45. The SMILES string of the molecule is CCOC(=O)c1cc(C(F)F)c(Cl)nc1Br. The van der Waals surface area contributed by atoms with Crippen LogP contribution in [0.1, 0.15) is 29.3 Å². The molecule has 0 radical (unpaired) electrons. The van der Waals surface area contributed by atoms with Crippen LogP contribution in [0.4, 0.5) is 8.78 Å². The molecule has 0 bridgehead atoms. The maximum Gasteiger partial charge on any atom is 0.340 e. The third-order valence-electron chi connectivity index (χ3n) is 1.69. The molecule has 7 heteroatoms. The lowest BCUT2D eigenvalue weighted by molar-refractivity contribution is 0.0524. The van der Waals surface area contributed by atoms with Gasteiger partial charge in [-0.15, -0.1) is 0 Å². The van der Waals surface area contributed by atoms with Crippen molar-refractivity contribution in [2.45, 2.75) is 13.3 Å². The van der Waals surface area contributed by atoms with Crippen LogP contribution < -0.4 is 0 Å². The van der Waals surface area contributed by atoms with Crippen molar-refractivity contribution >= 4 is 33.5 Å². The maximum atomic E-state index is 12.5. The molecule has 1 aromatic rings.